The van der Waals surface area contributed by atoms with E-state index in [1.165, 1.54) is 6.20 Å². The maximum absolute atomic E-state index is 11.2. The second-order valence-corrected chi connectivity index (χ2v) is 4.37. The first kappa shape index (κ1) is 12.9. The Morgan fingerprint density at radius 2 is 2.21 bits per heavy atom. The van der Waals surface area contributed by atoms with Crippen LogP contribution in [0.15, 0.2) is 24.7 Å². The predicted octanol–water partition coefficient (Wildman–Crippen LogP) is 0.133. The first-order valence-corrected chi connectivity index (χ1v) is 5.71. The number of amides is 1. The lowest BCUT2D eigenvalue weighted by Gasteiger charge is -2.18. The smallest absolute Gasteiger partial charge is 0.250 e. The number of nitrogens with zero attached hydrogens (tertiary/aromatic N) is 4. The standard InChI is InChI=1S/C12H16N6O/c1-17(6-8-4-16-18(2)7-8)11-3-9(12(14)19)10(13)5-15-11/h3-5,7H,6,13H2,1-2H3,(H2,14,19). The molecule has 0 saturated heterocycles. The van der Waals surface area contributed by atoms with E-state index in [2.05, 4.69) is 10.1 Å². The van der Waals surface area contributed by atoms with Gasteiger partial charge in [0, 0.05) is 32.4 Å². The van der Waals surface area contributed by atoms with Crippen molar-refractivity contribution in [1.82, 2.24) is 14.8 Å². The number of carbonyl (C=O) groups is 1. The summed E-state index contributed by atoms with van der Waals surface area (Å²) in [4.78, 5) is 17.3. The number of hydrogen-bond acceptors (Lipinski definition) is 5. The molecule has 2 aromatic rings. The molecule has 0 radical (unpaired) electrons. The lowest BCUT2D eigenvalue weighted by atomic mass is 10.2. The molecule has 100 valence electrons. The average molecular weight is 260 g/mol. The SMILES string of the molecule is CN(Cc1cnn(C)c1)c1cc(C(N)=O)c(N)cn1. The summed E-state index contributed by atoms with van der Waals surface area (Å²) in [6.45, 7) is 0.628. The minimum atomic E-state index is -0.559. The maximum atomic E-state index is 11.2. The lowest BCUT2D eigenvalue weighted by Crippen LogP contribution is -2.20. The predicted molar refractivity (Wildman–Crippen MR) is 72.5 cm³/mol. The summed E-state index contributed by atoms with van der Waals surface area (Å²) in [6, 6.07) is 1.59. The number of pyridine rings is 1. The summed E-state index contributed by atoms with van der Waals surface area (Å²) < 4.78 is 1.73. The number of hydrogen-bond donors (Lipinski definition) is 2. The van der Waals surface area contributed by atoms with Gasteiger partial charge in [-0.1, -0.05) is 0 Å². The monoisotopic (exact) mass is 260 g/mol. The second kappa shape index (κ2) is 4.97. The molecule has 0 unspecified atom stereocenters. The van der Waals surface area contributed by atoms with Crippen LogP contribution in [0.2, 0.25) is 0 Å². The third kappa shape index (κ3) is 2.82. The number of primary amides is 1. The van der Waals surface area contributed by atoms with Gasteiger partial charge in [-0.25, -0.2) is 4.98 Å². The van der Waals surface area contributed by atoms with E-state index in [0.29, 0.717) is 12.4 Å². The first-order valence-electron chi connectivity index (χ1n) is 5.71. The van der Waals surface area contributed by atoms with Gasteiger partial charge >= 0.3 is 0 Å². The van der Waals surface area contributed by atoms with E-state index in [1.807, 2.05) is 25.2 Å². The van der Waals surface area contributed by atoms with Crippen LogP contribution < -0.4 is 16.4 Å². The van der Waals surface area contributed by atoms with Gasteiger partial charge in [0.25, 0.3) is 5.91 Å². The molecule has 0 fully saturated rings. The van der Waals surface area contributed by atoms with Crippen LogP contribution in [0.25, 0.3) is 0 Å². The zero-order valence-electron chi connectivity index (χ0n) is 10.9. The van der Waals surface area contributed by atoms with Crippen LogP contribution in [0, 0.1) is 0 Å². The third-order valence-electron chi connectivity index (χ3n) is 2.75. The number of nitrogen functional groups attached to an aromatic ring is 1. The highest BCUT2D eigenvalue weighted by Crippen LogP contribution is 2.18. The van der Waals surface area contributed by atoms with E-state index in [-0.39, 0.29) is 11.3 Å². The van der Waals surface area contributed by atoms with Crippen molar-refractivity contribution in [3.05, 3.63) is 35.8 Å². The van der Waals surface area contributed by atoms with Crippen molar-refractivity contribution in [3.63, 3.8) is 0 Å². The maximum Gasteiger partial charge on any atom is 0.250 e. The number of rotatable bonds is 4. The van der Waals surface area contributed by atoms with Gasteiger partial charge in [0.1, 0.15) is 5.82 Å². The molecule has 0 aliphatic carbocycles. The molecule has 2 rings (SSSR count). The molecule has 0 atom stereocenters. The molecule has 19 heavy (non-hydrogen) atoms. The molecule has 7 heteroatoms. The number of aryl methyl sites for hydroxylation is 1. The summed E-state index contributed by atoms with van der Waals surface area (Å²) >= 11 is 0. The van der Waals surface area contributed by atoms with E-state index < -0.39 is 5.91 Å². The average Bonchev–Trinajstić information content (AvgIpc) is 2.74. The summed E-state index contributed by atoms with van der Waals surface area (Å²) in [7, 11) is 3.73. The van der Waals surface area contributed by atoms with Gasteiger partial charge in [-0.3, -0.25) is 9.48 Å². The highest BCUT2D eigenvalue weighted by atomic mass is 16.1. The van der Waals surface area contributed by atoms with Gasteiger partial charge in [-0.05, 0) is 6.07 Å². The van der Waals surface area contributed by atoms with Crippen LogP contribution in [0.5, 0.6) is 0 Å². The Kier molecular flexibility index (Phi) is 3.37. The van der Waals surface area contributed by atoms with Crippen molar-refractivity contribution in [2.45, 2.75) is 6.54 Å². The quantitative estimate of drug-likeness (QED) is 0.813. The zero-order chi connectivity index (χ0) is 14.0. The summed E-state index contributed by atoms with van der Waals surface area (Å²) in [5.74, 6) is 0.0720. The normalized spacial score (nSPS) is 10.4. The molecule has 1 amide bonds. The van der Waals surface area contributed by atoms with Crippen molar-refractivity contribution in [3.8, 4) is 0 Å². The minimum Gasteiger partial charge on any atom is -0.397 e. The number of nitrogens with two attached hydrogens (primary N) is 2. The highest BCUT2D eigenvalue weighted by molar-refractivity contribution is 5.98. The van der Waals surface area contributed by atoms with Crippen LogP contribution >= 0.6 is 0 Å². The Bertz CT molecular complexity index is 606. The topological polar surface area (TPSA) is 103 Å². The molecule has 7 nitrogen and oxygen atoms in total. The van der Waals surface area contributed by atoms with Crippen LogP contribution in [0.1, 0.15) is 15.9 Å². The Balaban J connectivity index is 2.21. The molecule has 0 saturated carbocycles. The molecule has 4 N–H and O–H groups in total. The number of aromatic nitrogens is 3. The lowest BCUT2D eigenvalue weighted by molar-refractivity contribution is 0.100. The number of anilines is 2. The molecule has 0 aliphatic rings. The Morgan fingerprint density at radius 1 is 1.47 bits per heavy atom. The zero-order valence-corrected chi connectivity index (χ0v) is 10.9. The fraction of sp³-hybridized carbons (Fsp3) is 0.250. The van der Waals surface area contributed by atoms with Gasteiger partial charge in [-0.2, -0.15) is 5.10 Å². The van der Waals surface area contributed by atoms with E-state index in [1.54, 1.807) is 16.9 Å². The molecular weight excluding hydrogens is 244 g/mol. The van der Waals surface area contributed by atoms with Gasteiger partial charge in [0.05, 0.1) is 23.6 Å². The summed E-state index contributed by atoms with van der Waals surface area (Å²) in [6.07, 6.45) is 5.14. The van der Waals surface area contributed by atoms with Gasteiger partial charge in [-0.15, -0.1) is 0 Å². The van der Waals surface area contributed by atoms with Crippen molar-refractivity contribution in [2.24, 2.45) is 12.8 Å². The van der Waals surface area contributed by atoms with Crippen molar-refractivity contribution >= 4 is 17.4 Å². The van der Waals surface area contributed by atoms with Crippen LogP contribution in [0.4, 0.5) is 11.5 Å². The summed E-state index contributed by atoms with van der Waals surface area (Å²) in [5.41, 5.74) is 12.5. The first-order chi connectivity index (χ1) is 8.97. The number of carbonyl (C=O) groups excluding carboxylic acids is 1. The van der Waals surface area contributed by atoms with Crippen LogP contribution in [-0.4, -0.2) is 27.7 Å². The molecule has 0 bridgehead atoms. The fourth-order valence-corrected chi connectivity index (χ4v) is 1.79. The van der Waals surface area contributed by atoms with E-state index in [0.717, 1.165) is 5.56 Å². The Hall–Kier alpha value is -2.57. The third-order valence-corrected chi connectivity index (χ3v) is 2.75. The second-order valence-electron chi connectivity index (χ2n) is 4.37. The van der Waals surface area contributed by atoms with Crippen molar-refractivity contribution < 1.29 is 4.79 Å². The minimum absolute atomic E-state index is 0.281. The van der Waals surface area contributed by atoms with Crippen molar-refractivity contribution in [1.29, 1.82) is 0 Å². The molecule has 2 heterocycles. The molecule has 0 spiro atoms. The highest BCUT2D eigenvalue weighted by Gasteiger charge is 2.11. The van der Waals surface area contributed by atoms with Gasteiger partial charge in [0.15, 0.2) is 0 Å². The molecule has 0 aliphatic heterocycles. The molecular formula is C12H16N6O. The van der Waals surface area contributed by atoms with Crippen molar-refractivity contribution in [2.75, 3.05) is 17.7 Å². The Morgan fingerprint density at radius 3 is 2.79 bits per heavy atom. The van der Waals surface area contributed by atoms with Gasteiger partial charge < -0.3 is 16.4 Å². The summed E-state index contributed by atoms with van der Waals surface area (Å²) in [5, 5.41) is 4.10. The van der Waals surface area contributed by atoms with Crippen LogP contribution in [-0.2, 0) is 13.6 Å². The fourth-order valence-electron chi connectivity index (χ4n) is 1.79. The van der Waals surface area contributed by atoms with E-state index >= 15 is 0 Å². The van der Waals surface area contributed by atoms with Crippen LogP contribution in [0.3, 0.4) is 0 Å². The Labute approximate surface area is 110 Å². The molecule has 2 aromatic heterocycles. The van der Waals surface area contributed by atoms with Gasteiger partial charge in [0.2, 0.25) is 0 Å². The van der Waals surface area contributed by atoms with E-state index in [4.69, 9.17) is 11.5 Å². The van der Waals surface area contributed by atoms with E-state index in [9.17, 15) is 4.79 Å². The largest absolute Gasteiger partial charge is 0.397 e. The molecule has 0 aromatic carbocycles.